The Labute approximate surface area is 253 Å². The van der Waals surface area contributed by atoms with Crippen molar-refractivity contribution in [3.63, 3.8) is 0 Å². The molecule has 0 radical (unpaired) electrons. The van der Waals surface area contributed by atoms with E-state index in [4.69, 9.17) is 23.2 Å². The van der Waals surface area contributed by atoms with Crippen molar-refractivity contribution >= 4 is 63.0 Å². The van der Waals surface area contributed by atoms with E-state index in [1.54, 1.807) is 35.7 Å². The van der Waals surface area contributed by atoms with E-state index in [1.807, 2.05) is 22.8 Å². The van der Waals surface area contributed by atoms with E-state index in [0.29, 0.717) is 43.0 Å². The molecule has 5 aromatic rings. The highest BCUT2D eigenvalue weighted by atomic mass is 35.5. The Morgan fingerprint density at radius 2 is 1.90 bits per heavy atom. The first-order valence-corrected chi connectivity index (χ1v) is 15.0. The Balaban J connectivity index is 1.39. The Hall–Kier alpha value is -3.77. The van der Waals surface area contributed by atoms with Crippen LogP contribution < -0.4 is 5.32 Å². The number of para-hydroxylation sites is 1. The number of hydrogen-bond acceptors (Lipinski definition) is 8. The summed E-state index contributed by atoms with van der Waals surface area (Å²) in [7, 11) is 0. The summed E-state index contributed by atoms with van der Waals surface area (Å²) < 4.78 is 1.91. The van der Waals surface area contributed by atoms with E-state index in [9.17, 15) is 14.9 Å². The second kappa shape index (κ2) is 12.4. The molecule has 0 saturated heterocycles. The average molecular weight is 626 g/mol. The van der Waals surface area contributed by atoms with Crippen LogP contribution in [0.4, 0.5) is 10.8 Å². The highest BCUT2D eigenvalue weighted by Crippen LogP contribution is 2.36. The minimum absolute atomic E-state index is 0.0279. The highest BCUT2D eigenvalue weighted by Gasteiger charge is 2.22. The number of amides is 1. The molecule has 1 N–H and O–H groups in total. The molecule has 0 saturated carbocycles. The van der Waals surface area contributed by atoms with Crippen LogP contribution in [0, 0.1) is 10.1 Å². The van der Waals surface area contributed by atoms with Gasteiger partial charge in [-0.3, -0.25) is 19.5 Å². The molecule has 0 aliphatic heterocycles. The lowest BCUT2D eigenvalue weighted by atomic mass is 10.0. The maximum Gasteiger partial charge on any atom is 0.270 e. The lowest BCUT2D eigenvalue weighted by Gasteiger charge is -2.17. The molecule has 0 aliphatic carbocycles. The monoisotopic (exact) mass is 624 g/mol. The van der Waals surface area contributed by atoms with Crippen molar-refractivity contribution in [3.05, 3.63) is 97.8 Å². The van der Waals surface area contributed by atoms with Crippen LogP contribution >= 0.6 is 46.3 Å². The first-order valence-electron chi connectivity index (χ1n) is 12.3. The van der Waals surface area contributed by atoms with Crippen LogP contribution in [0.15, 0.2) is 77.3 Å². The summed E-state index contributed by atoms with van der Waals surface area (Å²) in [6.45, 7) is 4.21. The smallest absolute Gasteiger partial charge is 0.270 e. The molecule has 5 rings (SSSR count). The van der Waals surface area contributed by atoms with E-state index >= 15 is 0 Å². The summed E-state index contributed by atoms with van der Waals surface area (Å²) in [4.78, 5) is 28.0. The fourth-order valence-corrected chi connectivity index (χ4v) is 6.11. The van der Waals surface area contributed by atoms with Crippen LogP contribution in [0.5, 0.6) is 0 Å². The summed E-state index contributed by atoms with van der Waals surface area (Å²) in [5.74, 6) is 0.507. The third-order valence-corrected chi connectivity index (χ3v) is 8.28. The molecule has 0 unspecified atom stereocenters. The summed E-state index contributed by atoms with van der Waals surface area (Å²) in [5, 5.41) is 26.4. The Morgan fingerprint density at radius 1 is 1.10 bits per heavy atom. The van der Waals surface area contributed by atoms with Crippen molar-refractivity contribution in [1.82, 2.24) is 19.7 Å². The molecule has 0 spiro atoms. The van der Waals surface area contributed by atoms with Crippen molar-refractivity contribution in [2.24, 2.45) is 0 Å². The van der Waals surface area contributed by atoms with Gasteiger partial charge in [0.2, 0.25) is 5.91 Å². The number of non-ortho nitro benzene ring substituents is 1. The van der Waals surface area contributed by atoms with Gasteiger partial charge in [0.15, 0.2) is 16.1 Å². The predicted molar refractivity (Wildman–Crippen MR) is 164 cm³/mol. The van der Waals surface area contributed by atoms with Gasteiger partial charge in [-0.1, -0.05) is 79.1 Å². The minimum Gasteiger partial charge on any atom is -0.301 e. The minimum atomic E-state index is -0.458. The predicted octanol–water partition coefficient (Wildman–Crippen LogP) is 8.13. The van der Waals surface area contributed by atoms with Crippen molar-refractivity contribution in [3.8, 4) is 28.3 Å². The average Bonchev–Trinajstić information content (AvgIpc) is 3.59. The van der Waals surface area contributed by atoms with E-state index < -0.39 is 4.92 Å². The van der Waals surface area contributed by atoms with Gasteiger partial charge in [-0.15, -0.1) is 21.5 Å². The fourth-order valence-electron chi connectivity index (χ4n) is 4.13. The molecule has 0 fully saturated rings. The summed E-state index contributed by atoms with van der Waals surface area (Å²) in [6, 6.07) is 19.3. The molecule has 2 heterocycles. The van der Waals surface area contributed by atoms with Gasteiger partial charge in [0.1, 0.15) is 0 Å². The van der Waals surface area contributed by atoms with Gasteiger partial charge in [-0.05, 0) is 35.7 Å². The van der Waals surface area contributed by atoms with Crippen molar-refractivity contribution in [1.29, 1.82) is 0 Å². The van der Waals surface area contributed by atoms with Crippen molar-refractivity contribution in [2.45, 2.75) is 24.9 Å². The first kappa shape index (κ1) is 28.7. The van der Waals surface area contributed by atoms with Crippen molar-refractivity contribution in [2.75, 3.05) is 11.1 Å². The molecular weight excluding hydrogens is 603 g/mol. The number of anilines is 1. The van der Waals surface area contributed by atoms with E-state index in [-0.39, 0.29) is 23.3 Å². The van der Waals surface area contributed by atoms with Crippen molar-refractivity contribution < 1.29 is 9.72 Å². The van der Waals surface area contributed by atoms with E-state index in [0.717, 1.165) is 11.3 Å². The Kier molecular flexibility index (Phi) is 8.69. The fraction of sp³-hybridized carbons (Fsp3) is 0.143. The standard InChI is InChI=1S/C28H22Cl2N6O3S2/c1-16(2)20-8-3-4-9-24(20)35-26(21-11-10-18(29)13-22(21)30)33-34-28(35)41-15-25(37)32-27-31-23(14-40-27)17-6-5-7-19(12-17)36(38)39/h3-14,16H,15H2,1-2H3,(H,31,32,37). The Bertz CT molecular complexity index is 1750. The first-order chi connectivity index (χ1) is 19.7. The molecule has 41 heavy (non-hydrogen) atoms. The zero-order valence-electron chi connectivity index (χ0n) is 21.7. The maximum absolute atomic E-state index is 12.9. The summed E-state index contributed by atoms with van der Waals surface area (Å²) >= 11 is 15.2. The summed E-state index contributed by atoms with van der Waals surface area (Å²) in [6.07, 6.45) is 0. The molecule has 0 bridgehead atoms. The van der Waals surface area contributed by atoms with Gasteiger partial charge in [0.05, 0.1) is 27.1 Å². The maximum atomic E-state index is 12.9. The van der Waals surface area contributed by atoms with Gasteiger partial charge in [-0.25, -0.2) is 4.98 Å². The number of carbonyl (C=O) groups excluding carboxylic acids is 1. The lowest BCUT2D eigenvalue weighted by Crippen LogP contribution is -2.14. The highest BCUT2D eigenvalue weighted by molar-refractivity contribution is 7.99. The third-order valence-electron chi connectivity index (χ3n) is 6.04. The number of nitrogens with zero attached hydrogens (tertiary/aromatic N) is 5. The number of nitro benzene ring substituents is 1. The van der Waals surface area contributed by atoms with Crippen LogP contribution in [-0.4, -0.2) is 36.3 Å². The molecule has 3 aromatic carbocycles. The Morgan fingerprint density at radius 3 is 2.66 bits per heavy atom. The van der Waals surface area contributed by atoms with Crippen LogP contribution in [0.1, 0.15) is 25.3 Å². The number of aromatic nitrogens is 4. The second-order valence-electron chi connectivity index (χ2n) is 9.16. The number of carbonyl (C=O) groups is 1. The number of halogens is 2. The number of thioether (sulfide) groups is 1. The zero-order valence-corrected chi connectivity index (χ0v) is 24.9. The number of benzene rings is 3. The van der Waals surface area contributed by atoms with Crippen LogP contribution in [0.3, 0.4) is 0 Å². The molecular formula is C28H22Cl2N6O3S2. The molecule has 0 atom stereocenters. The molecule has 208 valence electrons. The number of nitro groups is 1. The van der Waals surface area contributed by atoms with Gasteiger partial charge in [0, 0.05) is 33.7 Å². The largest absolute Gasteiger partial charge is 0.301 e. The SMILES string of the molecule is CC(C)c1ccccc1-n1c(SCC(=O)Nc2nc(-c3cccc([N+](=O)[O-])c3)cs2)nnc1-c1ccc(Cl)cc1Cl. The van der Waals surface area contributed by atoms with Crippen LogP contribution in [0.25, 0.3) is 28.3 Å². The zero-order chi connectivity index (χ0) is 29.1. The molecule has 1 amide bonds. The van der Waals surface area contributed by atoms with Crippen LogP contribution in [-0.2, 0) is 4.79 Å². The van der Waals surface area contributed by atoms with E-state index in [1.165, 1.54) is 35.2 Å². The molecule has 9 nitrogen and oxygen atoms in total. The normalized spacial score (nSPS) is 11.1. The van der Waals surface area contributed by atoms with Gasteiger partial charge in [0.25, 0.3) is 5.69 Å². The van der Waals surface area contributed by atoms with Gasteiger partial charge >= 0.3 is 0 Å². The number of nitrogens with one attached hydrogen (secondary N) is 1. The third kappa shape index (κ3) is 6.43. The van der Waals surface area contributed by atoms with Crippen LogP contribution in [0.2, 0.25) is 10.0 Å². The number of hydrogen-bond donors (Lipinski definition) is 1. The van der Waals surface area contributed by atoms with Gasteiger partial charge in [-0.2, -0.15) is 0 Å². The van der Waals surface area contributed by atoms with Gasteiger partial charge < -0.3 is 5.32 Å². The van der Waals surface area contributed by atoms with E-state index in [2.05, 4.69) is 40.4 Å². The lowest BCUT2D eigenvalue weighted by molar-refractivity contribution is -0.384. The second-order valence-corrected chi connectivity index (χ2v) is 11.8. The number of rotatable bonds is 9. The molecule has 13 heteroatoms. The summed E-state index contributed by atoms with van der Waals surface area (Å²) in [5.41, 5.74) is 3.74. The molecule has 0 aliphatic rings. The number of thiazole rings is 1. The molecule has 2 aromatic heterocycles. The quantitative estimate of drug-likeness (QED) is 0.0999. The topological polar surface area (TPSA) is 116 Å².